The van der Waals surface area contributed by atoms with Crippen LogP contribution in [0.4, 0.5) is 5.69 Å². The average molecular weight is 476 g/mol. The molecule has 4 atom stereocenters. The zero-order valence-electron chi connectivity index (χ0n) is 19.5. The summed E-state index contributed by atoms with van der Waals surface area (Å²) in [5.74, 6) is -0.166. The summed E-state index contributed by atoms with van der Waals surface area (Å²) < 4.78 is 0. The molecule has 0 aliphatic carbocycles. The number of aliphatic hydroxyl groups excluding tert-OH is 1. The molecule has 1 aromatic rings. The fourth-order valence-corrected chi connectivity index (χ4v) is 6.38. The van der Waals surface area contributed by atoms with E-state index in [1.54, 1.807) is 9.80 Å². The van der Waals surface area contributed by atoms with Gasteiger partial charge in [-0.05, 0) is 63.4 Å². The third-order valence-corrected chi connectivity index (χ3v) is 8.46. The lowest BCUT2D eigenvalue weighted by Gasteiger charge is -2.29. The number of β-amino-alcohol motifs (C(OH)–C–C–N with tert-alkyl or cyclic N) is 1. The van der Waals surface area contributed by atoms with Gasteiger partial charge in [-0.25, -0.2) is 0 Å². The van der Waals surface area contributed by atoms with Crippen LogP contribution in [0.15, 0.2) is 24.3 Å². The second kappa shape index (κ2) is 11.1. The van der Waals surface area contributed by atoms with Gasteiger partial charge in [-0.2, -0.15) is 0 Å². The first-order valence-electron chi connectivity index (χ1n) is 12.2. The fourth-order valence-electron chi connectivity index (χ4n) is 4.93. The lowest BCUT2D eigenvalue weighted by molar-refractivity contribution is -0.134. The summed E-state index contributed by atoms with van der Waals surface area (Å²) in [7, 11) is 0. The molecule has 33 heavy (non-hydrogen) atoms. The highest BCUT2D eigenvalue weighted by Gasteiger charge is 2.45. The van der Waals surface area contributed by atoms with Crippen LogP contribution in [0.2, 0.25) is 0 Å². The van der Waals surface area contributed by atoms with Gasteiger partial charge >= 0.3 is 0 Å². The van der Waals surface area contributed by atoms with Crippen molar-refractivity contribution in [1.29, 1.82) is 0 Å². The number of aliphatic hydroxyl groups is 1. The Kier molecular flexibility index (Phi) is 8.16. The molecule has 3 saturated heterocycles. The molecule has 4 N–H and O–H groups in total. The first-order chi connectivity index (χ1) is 16.0. The molecule has 0 bridgehead atoms. The van der Waals surface area contributed by atoms with Crippen molar-refractivity contribution in [1.82, 2.24) is 14.7 Å². The number of likely N-dealkylation sites (tertiary alicyclic amines) is 2. The van der Waals surface area contributed by atoms with E-state index in [-0.39, 0.29) is 22.4 Å². The van der Waals surface area contributed by atoms with Crippen LogP contribution < -0.4 is 11.1 Å². The molecule has 3 aliphatic heterocycles. The largest absolute Gasteiger partial charge is 0.391 e. The summed E-state index contributed by atoms with van der Waals surface area (Å²) in [6.45, 7) is 7.32. The number of nitrogens with one attached hydrogen (secondary N) is 1. The smallest absolute Gasteiger partial charge is 0.242 e. The lowest BCUT2D eigenvalue weighted by atomic mass is 10.1. The Morgan fingerprint density at radius 2 is 1.97 bits per heavy atom. The Bertz CT molecular complexity index is 817. The maximum atomic E-state index is 13.0. The zero-order chi connectivity index (χ0) is 23.4. The molecule has 4 rings (SSSR count). The Hall–Kier alpha value is -1.81. The fraction of sp³-hybridized carbons (Fsp3) is 0.667. The number of hydrogen-bond acceptors (Lipinski definition) is 7. The maximum absolute atomic E-state index is 13.0. The molecule has 0 radical (unpaired) electrons. The maximum Gasteiger partial charge on any atom is 0.242 e. The van der Waals surface area contributed by atoms with E-state index in [1.807, 2.05) is 6.92 Å². The molecule has 2 amide bonds. The van der Waals surface area contributed by atoms with Crippen molar-refractivity contribution in [2.75, 3.05) is 51.1 Å². The first kappa shape index (κ1) is 24.3. The number of benzene rings is 1. The summed E-state index contributed by atoms with van der Waals surface area (Å²) in [6.07, 6.45) is 3.79. The highest BCUT2D eigenvalue weighted by atomic mass is 32.2. The molecule has 0 spiro atoms. The topological polar surface area (TPSA) is 102 Å². The molecule has 0 aromatic heterocycles. The number of rotatable bonds is 9. The summed E-state index contributed by atoms with van der Waals surface area (Å²) in [6, 6.07) is 7.67. The van der Waals surface area contributed by atoms with E-state index >= 15 is 0 Å². The monoisotopic (exact) mass is 475 g/mol. The quantitative estimate of drug-likeness (QED) is 0.489. The standard InChI is InChI=1S/C24H37N5O3S/c1-2-29-22(31)20(33-24(29)21(25)23(32)28-14-10-19(30)16-28)15-26-18-7-5-17(6-8-18)9-13-27-11-3-4-12-27/h5-8,19-21,24,26,30H,2-4,9-16,25H2,1H3/t19?,20-,21-,24?/m1/s1. The number of nitrogens with two attached hydrogens (primary N) is 1. The van der Waals surface area contributed by atoms with Gasteiger partial charge in [0.1, 0.15) is 16.7 Å². The molecule has 8 nitrogen and oxygen atoms in total. The molecule has 3 fully saturated rings. The van der Waals surface area contributed by atoms with Crippen molar-refractivity contribution in [2.24, 2.45) is 5.73 Å². The van der Waals surface area contributed by atoms with E-state index in [9.17, 15) is 14.7 Å². The van der Waals surface area contributed by atoms with Gasteiger partial charge in [0, 0.05) is 38.4 Å². The number of nitrogens with zero attached hydrogens (tertiary/aromatic N) is 3. The van der Waals surface area contributed by atoms with Crippen LogP contribution in [-0.4, -0.2) is 100 Å². The van der Waals surface area contributed by atoms with Crippen LogP contribution in [-0.2, 0) is 16.0 Å². The van der Waals surface area contributed by atoms with Gasteiger partial charge in [0.25, 0.3) is 0 Å². The van der Waals surface area contributed by atoms with Crippen LogP contribution in [0.5, 0.6) is 0 Å². The summed E-state index contributed by atoms with van der Waals surface area (Å²) in [5, 5.41) is 12.5. The molecule has 3 aliphatic rings. The first-order valence-corrected chi connectivity index (χ1v) is 13.1. The van der Waals surface area contributed by atoms with Gasteiger partial charge in [-0.1, -0.05) is 12.1 Å². The summed E-state index contributed by atoms with van der Waals surface area (Å²) in [5.41, 5.74) is 8.64. The van der Waals surface area contributed by atoms with Crippen molar-refractivity contribution in [3.63, 3.8) is 0 Å². The van der Waals surface area contributed by atoms with Crippen molar-refractivity contribution >= 4 is 29.3 Å². The van der Waals surface area contributed by atoms with Crippen LogP contribution in [0, 0.1) is 0 Å². The van der Waals surface area contributed by atoms with Crippen molar-refractivity contribution in [3.05, 3.63) is 29.8 Å². The molecular formula is C24H37N5O3S. The third kappa shape index (κ3) is 5.82. The van der Waals surface area contributed by atoms with E-state index in [1.165, 1.54) is 43.3 Å². The normalized spacial score (nSPS) is 26.9. The molecule has 1 aromatic carbocycles. The van der Waals surface area contributed by atoms with Gasteiger partial charge in [0.15, 0.2) is 0 Å². The Morgan fingerprint density at radius 3 is 2.61 bits per heavy atom. The second-order valence-electron chi connectivity index (χ2n) is 9.27. The van der Waals surface area contributed by atoms with Crippen LogP contribution in [0.25, 0.3) is 0 Å². The van der Waals surface area contributed by atoms with Gasteiger partial charge in [-0.15, -0.1) is 11.8 Å². The van der Waals surface area contributed by atoms with Crippen molar-refractivity contribution < 1.29 is 14.7 Å². The van der Waals surface area contributed by atoms with Crippen LogP contribution >= 0.6 is 11.8 Å². The minimum atomic E-state index is -0.788. The van der Waals surface area contributed by atoms with Gasteiger partial charge in [-0.3, -0.25) is 9.59 Å². The number of anilines is 1. The van der Waals surface area contributed by atoms with E-state index < -0.39 is 12.1 Å². The number of amides is 2. The van der Waals surface area contributed by atoms with Crippen molar-refractivity contribution in [3.8, 4) is 0 Å². The second-order valence-corrected chi connectivity index (χ2v) is 10.6. The SMILES string of the molecule is CCN1C(=O)[C@@H](CNc2ccc(CCN3CCCC3)cc2)SC1[C@H](N)C(=O)N1CCC(O)C1. The number of likely N-dealkylation sites (N-methyl/N-ethyl adjacent to an activating group) is 1. The molecule has 0 saturated carbocycles. The third-order valence-electron chi connectivity index (χ3n) is 6.94. The van der Waals surface area contributed by atoms with E-state index in [2.05, 4.69) is 34.5 Å². The predicted octanol–water partition coefficient (Wildman–Crippen LogP) is 0.947. The predicted molar refractivity (Wildman–Crippen MR) is 132 cm³/mol. The number of carbonyl (C=O) groups is 2. The summed E-state index contributed by atoms with van der Waals surface area (Å²) >= 11 is 1.47. The minimum Gasteiger partial charge on any atom is -0.391 e. The molecule has 2 unspecified atom stereocenters. The molecular weight excluding hydrogens is 438 g/mol. The van der Waals surface area contributed by atoms with E-state index in [0.717, 1.165) is 18.7 Å². The van der Waals surface area contributed by atoms with Crippen molar-refractivity contribution in [2.45, 2.75) is 55.4 Å². The van der Waals surface area contributed by atoms with Gasteiger partial charge in [0.2, 0.25) is 11.8 Å². The number of hydrogen-bond donors (Lipinski definition) is 3. The Labute approximate surface area is 200 Å². The Morgan fingerprint density at radius 1 is 1.24 bits per heavy atom. The zero-order valence-corrected chi connectivity index (χ0v) is 20.3. The van der Waals surface area contributed by atoms with Crippen LogP contribution in [0.1, 0.15) is 31.7 Å². The highest BCUT2D eigenvalue weighted by Crippen LogP contribution is 2.34. The molecule has 9 heteroatoms. The Balaban J connectivity index is 1.29. The van der Waals surface area contributed by atoms with Gasteiger partial charge < -0.3 is 30.9 Å². The highest BCUT2D eigenvalue weighted by molar-refractivity contribution is 8.01. The van der Waals surface area contributed by atoms with Crippen LogP contribution in [0.3, 0.4) is 0 Å². The molecule has 3 heterocycles. The van der Waals surface area contributed by atoms with E-state index in [0.29, 0.717) is 32.6 Å². The lowest BCUT2D eigenvalue weighted by Crippen LogP contribution is -2.53. The number of carbonyl (C=O) groups excluding carboxylic acids is 2. The van der Waals surface area contributed by atoms with E-state index in [4.69, 9.17) is 5.73 Å². The minimum absolute atomic E-state index is 0.0203. The summed E-state index contributed by atoms with van der Waals surface area (Å²) in [4.78, 5) is 31.6. The average Bonchev–Trinajstić information content (AvgIpc) is 3.57. The number of thioether (sulfide) groups is 1. The molecule has 182 valence electrons. The van der Waals surface area contributed by atoms with Gasteiger partial charge in [0.05, 0.1) is 6.10 Å².